The first-order valence-corrected chi connectivity index (χ1v) is 9.03. The summed E-state index contributed by atoms with van der Waals surface area (Å²) >= 11 is 1.48. The van der Waals surface area contributed by atoms with Crippen LogP contribution in [0.4, 0.5) is 9.93 Å². The van der Waals surface area contributed by atoms with Gasteiger partial charge in [-0.3, -0.25) is 15.0 Å². The van der Waals surface area contributed by atoms with Crippen LogP contribution >= 0.6 is 11.3 Å². The third-order valence-corrected chi connectivity index (χ3v) is 4.33. The van der Waals surface area contributed by atoms with Crippen LogP contribution in [0, 0.1) is 0 Å². The zero-order chi connectivity index (χ0) is 17.9. The van der Waals surface area contributed by atoms with Gasteiger partial charge in [0.15, 0.2) is 5.13 Å². The Kier molecular flexibility index (Phi) is 5.82. The first-order chi connectivity index (χ1) is 11.1. The van der Waals surface area contributed by atoms with Crippen LogP contribution in [0.25, 0.3) is 0 Å². The van der Waals surface area contributed by atoms with Crippen molar-refractivity contribution in [2.45, 2.75) is 59.2 Å². The number of amides is 3. The lowest BCUT2D eigenvalue weighted by molar-refractivity contribution is -0.123. The highest BCUT2D eigenvalue weighted by Gasteiger charge is 2.24. The molecule has 0 spiro atoms. The Morgan fingerprint density at radius 2 is 2.04 bits per heavy atom. The largest absolute Gasteiger partial charge is 0.350 e. The first kappa shape index (κ1) is 18.7. The van der Waals surface area contributed by atoms with Crippen LogP contribution < -0.4 is 16.0 Å². The molecule has 0 atom stereocenters. The standard InChI is InChI=1S/C16H27N5O2S/c1-10(2)17-14(23)19-15-18-11-6-7-21(8-12(11)24-15)9-13(22)20-16(3,4)5/h10H,6-9H2,1-5H3,(H,20,22)(H2,17,18,19,23). The number of fused-ring (bicyclic) bond motifs is 1. The minimum Gasteiger partial charge on any atom is -0.350 e. The van der Waals surface area contributed by atoms with E-state index in [-0.39, 0.29) is 23.5 Å². The molecule has 3 amide bonds. The lowest BCUT2D eigenvalue weighted by Crippen LogP contribution is -2.46. The average Bonchev–Trinajstić information content (AvgIpc) is 2.76. The van der Waals surface area contributed by atoms with Crippen LogP contribution in [-0.2, 0) is 17.8 Å². The predicted molar refractivity (Wildman–Crippen MR) is 96.3 cm³/mol. The van der Waals surface area contributed by atoms with Gasteiger partial charge >= 0.3 is 6.03 Å². The second-order valence-corrected chi connectivity index (χ2v) is 8.48. The number of thiazole rings is 1. The molecule has 0 unspecified atom stereocenters. The van der Waals surface area contributed by atoms with Gasteiger partial charge in [-0.2, -0.15) is 0 Å². The molecule has 1 aromatic heterocycles. The SMILES string of the molecule is CC(C)NC(=O)Nc1nc2c(s1)CN(CC(=O)NC(C)(C)C)CC2. The van der Waals surface area contributed by atoms with E-state index in [9.17, 15) is 9.59 Å². The van der Waals surface area contributed by atoms with Crippen LogP contribution in [0.15, 0.2) is 0 Å². The van der Waals surface area contributed by atoms with Crippen molar-refractivity contribution >= 4 is 28.4 Å². The highest BCUT2D eigenvalue weighted by molar-refractivity contribution is 7.15. The summed E-state index contributed by atoms with van der Waals surface area (Å²) in [4.78, 5) is 31.5. The van der Waals surface area contributed by atoms with E-state index in [4.69, 9.17) is 0 Å². The van der Waals surface area contributed by atoms with Crippen molar-refractivity contribution < 1.29 is 9.59 Å². The fourth-order valence-corrected chi connectivity index (χ4v) is 3.54. The van der Waals surface area contributed by atoms with E-state index in [1.54, 1.807) is 0 Å². The number of nitrogens with zero attached hydrogens (tertiary/aromatic N) is 2. The molecule has 0 fully saturated rings. The zero-order valence-corrected chi connectivity index (χ0v) is 15.8. The monoisotopic (exact) mass is 353 g/mol. The molecule has 8 heteroatoms. The Hall–Kier alpha value is -1.67. The molecular formula is C16H27N5O2S. The average molecular weight is 353 g/mol. The van der Waals surface area contributed by atoms with E-state index >= 15 is 0 Å². The van der Waals surface area contributed by atoms with Gasteiger partial charge in [0.25, 0.3) is 0 Å². The maximum Gasteiger partial charge on any atom is 0.321 e. The zero-order valence-electron chi connectivity index (χ0n) is 15.0. The molecule has 24 heavy (non-hydrogen) atoms. The number of rotatable bonds is 4. The molecule has 134 valence electrons. The third-order valence-electron chi connectivity index (χ3n) is 3.33. The van der Waals surface area contributed by atoms with Gasteiger partial charge in [-0.25, -0.2) is 9.78 Å². The summed E-state index contributed by atoms with van der Waals surface area (Å²) in [5.41, 5.74) is 0.802. The van der Waals surface area contributed by atoms with Gasteiger partial charge < -0.3 is 10.6 Å². The summed E-state index contributed by atoms with van der Waals surface area (Å²) in [6.45, 7) is 11.6. The third kappa shape index (κ3) is 5.76. The number of carbonyl (C=O) groups excluding carboxylic acids is 2. The van der Waals surface area contributed by atoms with E-state index in [2.05, 4.69) is 25.8 Å². The highest BCUT2D eigenvalue weighted by Crippen LogP contribution is 2.28. The Morgan fingerprint density at radius 1 is 1.33 bits per heavy atom. The molecule has 1 aliphatic heterocycles. The molecule has 0 aromatic carbocycles. The Morgan fingerprint density at radius 3 is 2.67 bits per heavy atom. The van der Waals surface area contributed by atoms with Crippen molar-refractivity contribution in [3.8, 4) is 0 Å². The van der Waals surface area contributed by atoms with E-state index in [0.717, 1.165) is 23.5 Å². The molecule has 0 aliphatic carbocycles. The first-order valence-electron chi connectivity index (χ1n) is 8.22. The molecule has 0 radical (unpaired) electrons. The van der Waals surface area contributed by atoms with Crippen LogP contribution in [0.1, 0.15) is 45.2 Å². The van der Waals surface area contributed by atoms with Crippen molar-refractivity contribution in [3.63, 3.8) is 0 Å². The van der Waals surface area contributed by atoms with Crippen molar-refractivity contribution in [2.24, 2.45) is 0 Å². The Labute approximate surface area is 147 Å². The predicted octanol–water partition coefficient (Wildman–Crippen LogP) is 1.95. The van der Waals surface area contributed by atoms with E-state index in [1.165, 1.54) is 11.3 Å². The second-order valence-electron chi connectivity index (χ2n) is 7.40. The van der Waals surface area contributed by atoms with Gasteiger partial charge in [-0.1, -0.05) is 0 Å². The number of hydrogen-bond donors (Lipinski definition) is 3. The number of urea groups is 1. The number of aromatic nitrogens is 1. The van der Waals surface area contributed by atoms with Crippen molar-refractivity contribution in [3.05, 3.63) is 10.6 Å². The fraction of sp³-hybridized carbons (Fsp3) is 0.688. The summed E-state index contributed by atoms with van der Waals surface area (Å²) in [6, 6.07) is -0.158. The quantitative estimate of drug-likeness (QED) is 0.772. The molecule has 0 saturated carbocycles. The molecule has 1 aromatic rings. The van der Waals surface area contributed by atoms with Crippen molar-refractivity contribution in [1.29, 1.82) is 0 Å². The Bertz CT molecular complexity index is 606. The molecule has 7 nitrogen and oxygen atoms in total. The van der Waals surface area contributed by atoms with Gasteiger partial charge in [-0.15, -0.1) is 11.3 Å². The van der Waals surface area contributed by atoms with Crippen LogP contribution in [0.2, 0.25) is 0 Å². The van der Waals surface area contributed by atoms with E-state index in [1.807, 2.05) is 34.6 Å². The van der Waals surface area contributed by atoms with Crippen molar-refractivity contribution in [2.75, 3.05) is 18.4 Å². The summed E-state index contributed by atoms with van der Waals surface area (Å²) in [7, 11) is 0. The maximum atomic E-state index is 12.1. The normalized spacial score (nSPS) is 15.1. The number of hydrogen-bond acceptors (Lipinski definition) is 5. The minimum atomic E-state index is -0.238. The molecule has 2 rings (SSSR count). The number of nitrogens with one attached hydrogen (secondary N) is 3. The summed E-state index contributed by atoms with van der Waals surface area (Å²) in [5, 5.41) is 9.15. The van der Waals surface area contributed by atoms with Gasteiger partial charge in [0.2, 0.25) is 5.91 Å². The summed E-state index contributed by atoms with van der Waals surface area (Å²) in [5.74, 6) is 0.0325. The lowest BCUT2D eigenvalue weighted by atomic mass is 10.1. The smallest absolute Gasteiger partial charge is 0.321 e. The summed E-state index contributed by atoms with van der Waals surface area (Å²) < 4.78 is 0. The lowest BCUT2D eigenvalue weighted by Gasteiger charge is -2.27. The van der Waals surface area contributed by atoms with E-state index in [0.29, 0.717) is 18.2 Å². The van der Waals surface area contributed by atoms with Crippen molar-refractivity contribution in [1.82, 2.24) is 20.5 Å². The molecule has 3 N–H and O–H groups in total. The second kappa shape index (κ2) is 7.48. The van der Waals surface area contributed by atoms with Crippen LogP contribution in [-0.4, -0.2) is 46.5 Å². The number of carbonyl (C=O) groups is 2. The van der Waals surface area contributed by atoms with Gasteiger partial charge in [0, 0.05) is 36.0 Å². The maximum absolute atomic E-state index is 12.1. The Balaban J connectivity index is 1.91. The number of anilines is 1. The molecule has 0 bridgehead atoms. The van der Waals surface area contributed by atoms with E-state index < -0.39 is 0 Å². The minimum absolute atomic E-state index is 0.0325. The van der Waals surface area contributed by atoms with Crippen LogP contribution in [0.3, 0.4) is 0 Å². The van der Waals surface area contributed by atoms with Gasteiger partial charge in [0.1, 0.15) is 0 Å². The van der Waals surface area contributed by atoms with Crippen LogP contribution in [0.5, 0.6) is 0 Å². The molecule has 1 aliphatic rings. The fourth-order valence-electron chi connectivity index (χ4n) is 2.49. The molecular weight excluding hydrogens is 326 g/mol. The van der Waals surface area contributed by atoms with Gasteiger partial charge in [-0.05, 0) is 34.6 Å². The topological polar surface area (TPSA) is 86.4 Å². The van der Waals surface area contributed by atoms with Gasteiger partial charge in [0.05, 0.1) is 12.2 Å². The summed E-state index contributed by atoms with van der Waals surface area (Å²) in [6.07, 6.45) is 0.794. The molecule has 2 heterocycles. The molecule has 0 saturated heterocycles. The highest BCUT2D eigenvalue weighted by atomic mass is 32.1.